The molecule has 4 nitrogen and oxygen atoms in total. The Kier molecular flexibility index (Phi) is 2.43. The Hall–Kier alpha value is -0.230. The van der Waals surface area contributed by atoms with Gasteiger partial charge in [0.05, 0.1) is 6.10 Å². The number of aliphatic hydroxyl groups excluding tert-OH is 3. The zero-order chi connectivity index (χ0) is 8.59. The smallest absolute Gasteiger partial charge is 0.189 e. The summed E-state index contributed by atoms with van der Waals surface area (Å²) in [5.41, 5.74) is 0. The van der Waals surface area contributed by atoms with Gasteiger partial charge in [0.15, 0.2) is 12.5 Å². The predicted molar refractivity (Wildman–Crippen MR) is 33.5 cm³/mol. The largest absolute Gasteiger partial charge is 0.388 e. The minimum Gasteiger partial charge on any atom is -0.388 e. The lowest BCUT2D eigenvalue weighted by molar-refractivity contribution is -0.261. The first-order valence-corrected chi connectivity index (χ1v) is 3.37. The van der Waals surface area contributed by atoms with E-state index in [1.165, 1.54) is 6.92 Å². The lowest BCUT2D eigenvalue weighted by Crippen LogP contribution is -2.54. The minimum atomic E-state index is -1.93. The van der Waals surface area contributed by atoms with E-state index >= 15 is 0 Å². The maximum Gasteiger partial charge on any atom is 0.189 e. The molecule has 0 aromatic heterocycles. The van der Waals surface area contributed by atoms with Gasteiger partial charge in [0.1, 0.15) is 12.2 Å². The number of hydrogen-bond acceptors (Lipinski definition) is 4. The van der Waals surface area contributed by atoms with Gasteiger partial charge in [-0.3, -0.25) is 0 Å². The SMILES string of the molecule is CC1OC(O)[C@@H](F)C(O)[C@@H]1O. The molecule has 1 aliphatic rings. The van der Waals surface area contributed by atoms with Crippen LogP contribution in [0.5, 0.6) is 0 Å². The zero-order valence-electron chi connectivity index (χ0n) is 6.01. The van der Waals surface area contributed by atoms with Gasteiger partial charge >= 0.3 is 0 Å². The van der Waals surface area contributed by atoms with Gasteiger partial charge in [-0.2, -0.15) is 0 Å². The Morgan fingerprint density at radius 1 is 1.18 bits per heavy atom. The molecule has 1 heterocycles. The van der Waals surface area contributed by atoms with E-state index in [1.54, 1.807) is 0 Å². The lowest BCUT2D eigenvalue weighted by Gasteiger charge is -2.35. The fourth-order valence-corrected chi connectivity index (χ4v) is 1.01. The molecule has 11 heavy (non-hydrogen) atoms. The molecule has 0 aliphatic carbocycles. The monoisotopic (exact) mass is 166 g/mol. The number of ether oxygens (including phenoxy) is 1. The molecule has 1 rings (SSSR count). The molecule has 1 aliphatic heterocycles. The first-order chi connectivity index (χ1) is 5.04. The summed E-state index contributed by atoms with van der Waals surface area (Å²) in [5.74, 6) is 0. The second-order valence-electron chi connectivity index (χ2n) is 2.66. The van der Waals surface area contributed by atoms with Crippen LogP contribution in [0.15, 0.2) is 0 Å². The molecule has 0 aromatic rings. The second-order valence-corrected chi connectivity index (χ2v) is 2.66. The minimum absolute atomic E-state index is 0.744. The van der Waals surface area contributed by atoms with Crippen LogP contribution >= 0.6 is 0 Å². The van der Waals surface area contributed by atoms with Gasteiger partial charge in [-0.25, -0.2) is 4.39 Å². The summed E-state index contributed by atoms with van der Waals surface area (Å²) in [6, 6.07) is 0. The Balaban J connectivity index is 2.63. The van der Waals surface area contributed by atoms with Gasteiger partial charge in [0.2, 0.25) is 0 Å². The summed E-state index contributed by atoms with van der Waals surface area (Å²) >= 11 is 0. The Morgan fingerprint density at radius 3 is 2.27 bits per heavy atom. The number of aliphatic hydroxyl groups is 3. The van der Waals surface area contributed by atoms with Crippen molar-refractivity contribution < 1.29 is 24.4 Å². The maximum atomic E-state index is 12.6. The van der Waals surface area contributed by atoms with Crippen molar-refractivity contribution in [3.8, 4) is 0 Å². The van der Waals surface area contributed by atoms with E-state index in [4.69, 9.17) is 15.3 Å². The molecular formula is C6H11FO4. The van der Waals surface area contributed by atoms with E-state index in [2.05, 4.69) is 4.74 Å². The fraction of sp³-hybridized carbons (Fsp3) is 1.00. The third-order valence-corrected chi connectivity index (χ3v) is 1.78. The number of rotatable bonds is 0. The molecule has 66 valence electrons. The van der Waals surface area contributed by atoms with Crippen LogP contribution in [0.2, 0.25) is 0 Å². The van der Waals surface area contributed by atoms with Gasteiger partial charge in [0, 0.05) is 0 Å². The van der Waals surface area contributed by atoms with Crippen LogP contribution in [0.1, 0.15) is 6.92 Å². The first kappa shape index (κ1) is 8.86. The summed E-state index contributed by atoms with van der Waals surface area (Å²) in [4.78, 5) is 0. The van der Waals surface area contributed by atoms with E-state index in [0.29, 0.717) is 0 Å². The molecule has 0 aromatic carbocycles. The summed E-state index contributed by atoms with van der Waals surface area (Å²) in [7, 11) is 0. The summed E-state index contributed by atoms with van der Waals surface area (Å²) in [6.07, 6.45) is -7.14. The molecule has 3 unspecified atom stereocenters. The van der Waals surface area contributed by atoms with Crippen molar-refractivity contribution in [2.45, 2.75) is 37.7 Å². The van der Waals surface area contributed by atoms with Crippen molar-refractivity contribution in [2.24, 2.45) is 0 Å². The number of hydrogen-bond donors (Lipinski definition) is 3. The van der Waals surface area contributed by atoms with Crippen LogP contribution in [0.4, 0.5) is 4.39 Å². The number of alkyl halides is 1. The highest BCUT2D eigenvalue weighted by Crippen LogP contribution is 2.21. The summed E-state index contributed by atoms with van der Waals surface area (Å²) in [6.45, 7) is 1.45. The van der Waals surface area contributed by atoms with E-state index in [-0.39, 0.29) is 0 Å². The zero-order valence-corrected chi connectivity index (χ0v) is 6.01. The van der Waals surface area contributed by atoms with Gasteiger partial charge in [-0.15, -0.1) is 0 Å². The maximum absolute atomic E-state index is 12.6. The van der Waals surface area contributed by atoms with E-state index in [9.17, 15) is 4.39 Å². The standard InChI is InChI=1S/C6H11FO4/c1-2-4(8)5(9)3(7)6(10)11-2/h2-6,8-10H,1H3/t2?,3-,4+,5?,6?/m0/s1. The Morgan fingerprint density at radius 2 is 1.73 bits per heavy atom. The molecule has 5 atom stereocenters. The van der Waals surface area contributed by atoms with Crippen LogP contribution in [-0.2, 0) is 4.74 Å². The predicted octanol–water partition coefficient (Wildman–Crippen LogP) is -1.22. The van der Waals surface area contributed by atoms with Gasteiger partial charge in [-0.05, 0) is 6.92 Å². The Labute approximate surface area is 63.2 Å². The molecule has 1 saturated heterocycles. The quantitative estimate of drug-likeness (QED) is 0.422. The second kappa shape index (κ2) is 3.02. The topological polar surface area (TPSA) is 69.9 Å². The van der Waals surface area contributed by atoms with Crippen molar-refractivity contribution >= 4 is 0 Å². The summed E-state index contributed by atoms with van der Waals surface area (Å²) < 4.78 is 17.2. The number of halogens is 1. The molecule has 3 N–H and O–H groups in total. The van der Waals surface area contributed by atoms with Gasteiger partial charge in [-0.1, -0.05) is 0 Å². The van der Waals surface area contributed by atoms with Crippen LogP contribution in [0.3, 0.4) is 0 Å². The highest BCUT2D eigenvalue weighted by Gasteiger charge is 2.42. The van der Waals surface area contributed by atoms with Gasteiger partial charge < -0.3 is 20.1 Å². The van der Waals surface area contributed by atoms with Crippen molar-refractivity contribution in [1.82, 2.24) is 0 Å². The molecule has 0 amide bonds. The fourth-order valence-electron chi connectivity index (χ4n) is 1.01. The van der Waals surface area contributed by atoms with E-state index in [1.807, 2.05) is 0 Å². The average molecular weight is 166 g/mol. The third kappa shape index (κ3) is 1.51. The lowest BCUT2D eigenvalue weighted by atomic mass is 10.0. The van der Waals surface area contributed by atoms with Crippen LogP contribution < -0.4 is 0 Å². The molecule has 0 bridgehead atoms. The molecule has 0 radical (unpaired) electrons. The summed E-state index contributed by atoms with van der Waals surface area (Å²) in [5, 5.41) is 26.7. The van der Waals surface area contributed by atoms with Gasteiger partial charge in [0.25, 0.3) is 0 Å². The Bertz CT molecular complexity index is 129. The van der Waals surface area contributed by atoms with Crippen molar-refractivity contribution in [3.63, 3.8) is 0 Å². The van der Waals surface area contributed by atoms with Crippen molar-refractivity contribution in [3.05, 3.63) is 0 Å². The highest BCUT2D eigenvalue weighted by atomic mass is 19.1. The van der Waals surface area contributed by atoms with Crippen molar-refractivity contribution in [1.29, 1.82) is 0 Å². The molecule has 0 spiro atoms. The normalized spacial score (nSPS) is 52.6. The molecule has 5 heteroatoms. The molecule has 0 saturated carbocycles. The van der Waals surface area contributed by atoms with E-state index in [0.717, 1.165) is 0 Å². The average Bonchev–Trinajstić information content (AvgIpc) is 1.97. The van der Waals surface area contributed by atoms with Crippen molar-refractivity contribution in [2.75, 3.05) is 0 Å². The molecular weight excluding hydrogens is 155 g/mol. The first-order valence-electron chi connectivity index (χ1n) is 3.37. The van der Waals surface area contributed by atoms with Crippen LogP contribution in [0.25, 0.3) is 0 Å². The highest BCUT2D eigenvalue weighted by molar-refractivity contribution is 4.86. The third-order valence-electron chi connectivity index (χ3n) is 1.78. The molecule has 1 fully saturated rings. The van der Waals surface area contributed by atoms with E-state index < -0.39 is 30.8 Å². The van der Waals surface area contributed by atoms with Crippen LogP contribution in [-0.4, -0.2) is 46.1 Å². The van der Waals surface area contributed by atoms with Crippen LogP contribution in [0, 0.1) is 0 Å².